The van der Waals surface area contributed by atoms with Crippen molar-refractivity contribution in [2.24, 2.45) is 5.41 Å². The largest absolute Gasteiger partial charge is 0.462 e. The summed E-state index contributed by atoms with van der Waals surface area (Å²) in [5, 5.41) is 2.40. The number of hydrogen-bond donors (Lipinski definition) is 1. The molecule has 0 spiro atoms. The van der Waals surface area contributed by atoms with Crippen LogP contribution in [0.2, 0.25) is 5.02 Å². The quantitative estimate of drug-likeness (QED) is 0.341. The van der Waals surface area contributed by atoms with E-state index in [-0.39, 0.29) is 28.7 Å². The number of halogens is 2. The molecule has 158 valence electrons. The van der Waals surface area contributed by atoms with Crippen LogP contribution in [0.25, 0.3) is 0 Å². The van der Waals surface area contributed by atoms with Crippen LogP contribution in [0, 0.1) is 11.2 Å². The van der Waals surface area contributed by atoms with Crippen LogP contribution in [-0.2, 0) is 14.3 Å². The summed E-state index contributed by atoms with van der Waals surface area (Å²) in [6.45, 7) is 11.3. The molecule has 0 aliphatic rings. The molecule has 1 amide bonds. The fourth-order valence-corrected chi connectivity index (χ4v) is 3.62. The Labute approximate surface area is 176 Å². The number of carbonyl (C=O) groups is 2. The molecule has 0 heterocycles. The lowest BCUT2D eigenvalue weighted by molar-refractivity contribution is -0.147. The van der Waals surface area contributed by atoms with Crippen molar-refractivity contribution < 1.29 is 18.7 Å². The fourth-order valence-electron chi connectivity index (χ4n) is 2.17. The Kier molecular flexibility index (Phi) is 9.78. The lowest BCUT2D eigenvalue weighted by atomic mass is 9.89. The second-order valence-corrected chi connectivity index (χ2v) is 9.16. The molecule has 28 heavy (non-hydrogen) atoms. The molecular weight excluding hydrogens is 401 g/mol. The van der Waals surface area contributed by atoms with Crippen LogP contribution in [-0.4, -0.2) is 23.2 Å². The summed E-state index contributed by atoms with van der Waals surface area (Å²) in [7, 11) is 0. The number of esters is 1. The van der Waals surface area contributed by atoms with Gasteiger partial charge in [0.1, 0.15) is 11.1 Å². The van der Waals surface area contributed by atoms with E-state index in [4.69, 9.17) is 16.3 Å². The van der Waals surface area contributed by atoms with Gasteiger partial charge in [0.15, 0.2) is 0 Å². The Morgan fingerprint density at radius 2 is 1.93 bits per heavy atom. The molecule has 0 fully saturated rings. The first-order chi connectivity index (χ1) is 13.0. The molecule has 0 radical (unpaired) electrons. The SMILES string of the molecule is CCCC(Sc1cc(NC(=O)C(C)(C)CC)c(F)cc1Cl)C(=O)OC(C)CC. The van der Waals surface area contributed by atoms with Gasteiger partial charge in [0.05, 0.1) is 16.8 Å². The first kappa shape index (κ1) is 24.8. The molecule has 4 nitrogen and oxygen atoms in total. The van der Waals surface area contributed by atoms with Gasteiger partial charge in [-0.05, 0) is 38.3 Å². The molecule has 0 bridgehead atoms. The van der Waals surface area contributed by atoms with Crippen molar-refractivity contribution >= 4 is 40.9 Å². The van der Waals surface area contributed by atoms with Crippen LogP contribution >= 0.6 is 23.4 Å². The summed E-state index contributed by atoms with van der Waals surface area (Å²) in [6, 6.07) is 2.66. The topological polar surface area (TPSA) is 55.4 Å². The van der Waals surface area contributed by atoms with E-state index in [1.54, 1.807) is 13.8 Å². The Hall–Kier alpha value is -1.27. The van der Waals surface area contributed by atoms with E-state index >= 15 is 0 Å². The van der Waals surface area contributed by atoms with E-state index < -0.39 is 16.5 Å². The molecule has 1 aromatic rings. The van der Waals surface area contributed by atoms with Crippen LogP contribution < -0.4 is 5.32 Å². The third-order valence-electron chi connectivity index (χ3n) is 4.74. The molecule has 0 saturated heterocycles. The molecule has 1 aromatic carbocycles. The Bertz CT molecular complexity index is 696. The second kappa shape index (κ2) is 11.1. The molecule has 7 heteroatoms. The highest BCUT2D eigenvalue weighted by molar-refractivity contribution is 8.00. The maximum absolute atomic E-state index is 14.3. The Morgan fingerprint density at radius 3 is 2.46 bits per heavy atom. The van der Waals surface area contributed by atoms with Gasteiger partial charge < -0.3 is 10.1 Å². The fraction of sp³-hybridized carbons (Fsp3) is 0.619. The lowest BCUT2D eigenvalue weighted by Crippen LogP contribution is -2.30. The van der Waals surface area contributed by atoms with E-state index in [1.807, 2.05) is 27.7 Å². The molecule has 0 saturated carbocycles. The number of benzene rings is 1. The molecule has 0 aliphatic carbocycles. The number of rotatable bonds is 10. The van der Waals surface area contributed by atoms with Gasteiger partial charge in [0.2, 0.25) is 5.91 Å². The summed E-state index contributed by atoms with van der Waals surface area (Å²) < 4.78 is 19.8. The normalized spacial score (nSPS) is 13.7. The smallest absolute Gasteiger partial charge is 0.319 e. The summed E-state index contributed by atoms with van der Waals surface area (Å²) in [4.78, 5) is 25.4. The summed E-state index contributed by atoms with van der Waals surface area (Å²) in [5.74, 6) is -1.18. The first-order valence-electron chi connectivity index (χ1n) is 9.73. The third kappa shape index (κ3) is 6.96. The maximum atomic E-state index is 14.3. The Balaban J connectivity index is 3.08. The van der Waals surface area contributed by atoms with Crippen LogP contribution in [0.15, 0.2) is 17.0 Å². The van der Waals surface area contributed by atoms with Crippen molar-refractivity contribution in [3.05, 3.63) is 23.0 Å². The molecule has 1 N–H and O–H groups in total. The summed E-state index contributed by atoms with van der Waals surface area (Å²) >= 11 is 7.45. The van der Waals surface area contributed by atoms with Gasteiger partial charge in [0, 0.05) is 10.3 Å². The van der Waals surface area contributed by atoms with Crippen molar-refractivity contribution in [3.8, 4) is 0 Å². The summed E-state index contributed by atoms with van der Waals surface area (Å²) in [5.41, 5.74) is -0.562. The average molecular weight is 432 g/mol. The van der Waals surface area contributed by atoms with Crippen LogP contribution in [0.3, 0.4) is 0 Å². The van der Waals surface area contributed by atoms with Crippen LogP contribution in [0.5, 0.6) is 0 Å². The van der Waals surface area contributed by atoms with Crippen molar-refractivity contribution in [2.45, 2.75) is 83.5 Å². The minimum absolute atomic E-state index is 0.0592. The highest BCUT2D eigenvalue weighted by Crippen LogP contribution is 2.37. The maximum Gasteiger partial charge on any atom is 0.319 e. The average Bonchev–Trinajstić information content (AvgIpc) is 2.64. The van der Waals surface area contributed by atoms with Gasteiger partial charge >= 0.3 is 5.97 Å². The number of hydrogen-bond acceptors (Lipinski definition) is 4. The zero-order chi connectivity index (χ0) is 21.5. The zero-order valence-electron chi connectivity index (χ0n) is 17.5. The number of thioether (sulfide) groups is 1. The van der Waals surface area contributed by atoms with Crippen LogP contribution in [0.1, 0.15) is 67.2 Å². The molecule has 1 rings (SSSR count). The van der Waals surface area contributed by atoms with E-state index in [1.165, 1.54) is 23.9 Å². The number of nitrogens with one attached hydrogen (secondary N) is 1. The van der Waals surface area contributed by atoms with E-state index in [2.05, 4.69) is 5.32 Å². The molecule has 2 unspecified atom stereocenters. The lowest BCUT2D eigenvalue weighted by Gasteiger charge is -2.22. The van der Waals surface area contributed by atoms with Gasteiger partial charge in [-0.1, -0.05) is 52.6 Å². The Morgan fingerprint density at radius 1 is 1.29 bits per heavy atom. The van der Waals surface area contributed by atoms with Gasteiger partial charge in [0.25, 0.3) is 0 Å². The molecular formula is C21H31ClFNO3S. The van der Waals surface area contributed by atoms with E-state index in [9.17, 15) is 14.0 Å². The van der Waals surface area contributed by atoms with Crippen molar-refractivity contribution in [3.63, 3.8) is 0 Å². The van der Waals surface area contributed by atoms with Crippen molar-refractivity contribution in [1.82, 2.24) is 0 Å². The van der Waals surface area contributed by atoms with Gasteiger partial charge in [-0.15, -0.1) is 11.8 Å². The minimum atomic E-state index is -0.621. The van der Waals surface area contributed by atoms with Crippen molar-refractivity contribution in [1.29, 1.82) is 0 Å². The number of ether oxygens (including phenoxy) is 1. The highest BCUT2D eigenvalue weighted by atomic mass is 35.5. The predicted molar refractivity (Wildman–Crippen MR) is 115 cm³/mol. The monoisotopic (exact) mass is 431 g/mol. The van der Waals surface area contributed by atoms with Crippen LogP contribution in [0.4, 0.5) is 10.1 Å². The van der Waals surface area contributed by atoms with Gasteiger partial charge in [-0.25, -0.2) is 4.39 Å². The standard InChI is InChI=1S/C21H31ClFNO3S/c1-7-10-17(19(25)27-13(4)8-2)28-18-12-16(15(23)11-14(18)22)24-20(26)21(5,6)9-3/h11-13,17H,7-10H2,1-6H3,(H,24,26). The number of anilines is 1. The molecule has 0 aliphatic heterocycles. The number of carbonyl (C=O) groups excluding carboxylic acids is 2. The van der Waals surface area contributed by atoms with E-state index in [0.29, 0.717) is 17.7 Å². The molecule has 0 aromatic heterocycles. The zero-order valence-corrected chi connectivity index (χ0v) is 19.1. The molecule has 2 atom stereocenters. The van der Waals surface area contributed by atoms with Gasteiger partial charge in [-0.3, -0.25) is 9.59 Å². The second-order valence-electron chi connectivity index (χ2n) is 7.50. The summed E-state index contributed by atoms with van der Waals surface area (Å²) in [6.07, 6.45) is 2.59. The van der Waals surface area contributed by atoms with Gasteiger partial charge in [-0.2, -0.15) is 0 Å². The first-order valence-corrected chi connectivity index (χ1v) is 11.0. The predicted octanol–water partition coefficient (Wildman–Crippen LogP) is 6.46. The minimum Gasteiger partial charge on any atom is -0.462 e. The highest BCUT2D eigenvalue weighted by Gasteiger charge is 2.27. The van der Waals surface area contributed by atoms with Crippen molar-refractivity contribution in [2.75, 3.05) is 5.32 Å². The van der Waals surface area contributed by atoms with E-state index in [0.717, 1.165) is 12.8 Å². The number of amides is 1. The third-order valence-corrected chi connectivity index (χ3v) is 6.47.